The van der Waals surface area contributed by atoms with E-state index in [9.17, 15) is 9.00 Å². The van der Waals surface area contributed by atoms with Crippen molar-refractivity contribution < 1.29 is 9.00 Å². The fourth-order valence-corrected chi connectivity index (χ4v) is 2.21. The number of hydrogen-bond donors (Lipinski definition) is 3. The minimum atomic E-state index is -0.835. The van der Waals surface area contributed by atoms with Crippen LogP contribution in [0, 0.1) is 0 Å². The molecular weight excluding hydrogens is 250 g/mol. The first-order chi connectivity index (χ1) is 8.54. The number of carbonyl (C=O) groups is 1. The summed E-state index contributed by atoms with van der Waals surface area (Å²) in [5.41, 5.74) is 3.58. The Morgan fingerprint density at radius 3 is 2.72 bits per heavy atom. The predicted molar refractivity (Wildman–Crippen MR) is 74.7 cm³/mol. The molecule has 0 spiro atoms. The number of nitrogen functional groups attached to an aromatic ring is 1. The number of hydrogen-bond acceptors (Lipinski definition) is 4. The van der Waals surface area contributed by atoms with Gasteiger partial charge in [-0.25, -0.2) is 0 Å². The Morgan fingerprint density at radius 2 is 2.11 bits per heavy atom. The minimum Gasteiger partial charge on any atom is -0.349 e. The van der Waals surface area contributed by atoms with Crippen LogP contribution in [-0.4, -0.2) is 28.2 Å². The molecule has 0 fully saturated rings. The molecule has 18 heavy (non-hydrogen) atoms. The molecule has 4 N–H and O–H groups in total. The van der Waals surface area contributed by atoms with Crippen LogP contribution < -0.4 is 16.6 Å². The Bertz CT molecular complexity index is 437. The van der Waals surface area contributed by atoms with E-state index < -0.39 is 10.8 Å². The third-order valence-electron chi connectivity index (χ3n) is 2.54. The summed E-state index contributed by atoms with van der Waals surface area (Å²) in [6.45, 7) is 1.89. The van der Waals surface area contributed by atoms with Crippen molar-refractivity contribution in [2.45, 2.75) is 19.4 Å². The van der Waals surface area contributed by atoms with Gasteiger partial charge in [-0.3, -0.25) is 14.8 Å². The van der Waals surface area contributed by atoms with Crippen molar-refractivity contribution >= 4 is 22.4 Å². The number of anilines is 1. The molecule has 0 saturated carbocycles. The van der Waals surface area contributed by atoms with E-state index in [2.05, 4.69) is 10.7 Å². The maximum absolute atomic E-state index is 12.0. The molecule has 0 saturated heterocycles. The van der Waals surface area contributed by atoms with Crippen molar-refractivity contribution in [2.24, 2.45) is 5.84 Å². The summed E-state index contributed by atoms with van der Waals surface area (Å²) in [6.07, 6.45) is 2.34. The molecule has 2 unspecified atom stereocenters. The molecule has 1 amide bonds. The van der Waals surface area contributed by atoms with Gasteiger partial charge in [0.1, 0.15) is 0 Å². The molecular formula is C12H19N3O2S. The molecule has 2 atom stereocenters. The molecule has 5 nitrogen and oxygen atoms in total. The number of para-hydroxylation sites is 1. The van der Waals surface area contributed by atoms with Crippen LogP contribution in [0.5, 0.6) is 0 Å². The fraction of sp³-hybridized carbons (Fsp3) is 0.417. The van der Waals surface area contributed by atoms with Gasteiger partial charge in [0, 0.05) is 28.9 Å². The van der Waals surface area contributed by atoms with Crippen molar-refractivity contribution in [3.63, 3.8) is 0 Å². The molecule has 0 aromatic heterocycles. The maximum atomic E-state index is 12.0. The van der Waals surface area contributed by atoms with Gasteiger partial charge in [-0.2, -0.15) is 0 Å². The zero-order chi connectivity index (χ0) is 13.5. The number of hydrazine groups is 1. The smallest absolute Gasteiger partial charge is 0.253 e. The first-order valence-corrected chi connectivity index (χ1v) is 7.44. The Labute approximate surface area is 110 Å². The van der Waals surface area contributed by atoms with Crippen molar-refractivity contribution in [2.75, 3.05) is 17.4 Å². The van der Waals surface area contributed by atoms with E-state index in [1.165, 1.54) is 0 Å². The summed E-state index contributed by atoms with van der Waals surface area (Å²) in [5.74, 6) is 5.75. The number of nitrogens with one attached hydrogen (secondary N) is 2. The van der Waals surface area contributed by atoms with Crippen LogP contribution in [-0.2, 0) is 10.8 Å². The van der Waals surface area contributed by atoms with Crippen LogP contribution in [0.1, 0.15) is 23.7 Å². The lowest BCUT2D eigenvalue weighted by Crippen LogP contribution is -2.34. The van der Waals surface area contributed by atoms with E-state index in [0.29, 0.717) is 23.4 Å². The molecule has 0 bridgehead atoms. The monoisotopic (exact) mass is 269 g/mol. The number of rotatable bonds is 6. The largest absolute Gasteiger partial charge is 0.349 e. The van der Waals surface area contributed by atoms with Crippen molar-refractivity contribution in [3.8, 4) is 0 Å². The average Bonchev–Trinajstić information content (AvgIpc) is 2.36. The lowest BCUT2D eigenvalue weighted by molar-refractivity contribution is 0.0940. The van der Waals surface area contributed by atoms with E-state index >= 15 is 0 Å². The van der Waals surface area contributed by atoms with Gasteiger partial charge in [-0.05, 0) is 25.5 Å². The van der Waals surface area contributed by atoms with Gasteiger partial charge in [0.2, 0.25) is 0 Å². The second-order valence-electron chi connectivity index (χ2n) is 4.13. The molecule has 0 aliphatic heterocycles. The first kappa shape index (κ1) is 14.7. The van der Waals surface area contributed by atoms with Gasteiger partial charge in [0.25, 0.3) is 5.91 Å². The van der Waals surface area contributed by atoms with Gasteiger partial charge >= 0.3 is 0 Å². The fourth-order valence-electron chi connectivity index (χ4n) is 1.52. The maximum Gasteiger partial charge on any atom is 0.253 e. The standard InChI is InChI=1S/C12H19N3O2S/c1-9(7-8-18(2)17)14-12(16)10-5-3-4-6-11(10)15-13/h3-6,9,15H,7-8,13H2,1-2H3,(H,14,16). The molecule has 100 valence electrons. The van der Waals surface area contributed by atoms with Gasteiger partial charge in [0.15, 0.2) is 0 Å². The van der Waals surface area contributed by atoms with Gasteiger partial charge < -0.3 is 10.7 Å². The summed E-state index contributed by atoms with van der Waals surface area (Å²) in [7, 11) is -0.835. The van der Waals surface area contributed by atoms with Gasteiger partial charge in [0.05, 0.1) is 11.3 Å². The summed E-state index contributed by atoms with van der Waals surface area (Å²) in [6, 6.07) is 7.00. The van der Waals surface area contributed by atoms with Crippen LogP contribution in [0.4, 0.5) is 5.69 Å². The highest BCUT2D eigenvalue weighted by Crippen LogP contribution is 2.13. The van der Waals surface area contributed by atoms with Gasteiger partial charge in [-0.1, -0.05) is 12.1 Å². The number of amides is 1. The number of nitrogens with two attached hydrogens (primary N) is 1. The van der Waals surface area contributed by atoms with Crippen molar-refractivity contribution in [3.05, 3.63) is 29.8 Å². The van der Waals surface area contributed by atoms with E-state index in [1.54, 1.807) is 30.5 Å². The van der Waals surface area contributed by atoms with E-state index in [1.807, 2.05) is 6.92 Å². The highest BCUT2D eigenvalue weighted by atomic mass is 32.2. The van der Waals surface area contributed by atoms with Crippen LogP contribution in [0.2, 0.25) is 0 Å². The highest BCUT2D eigenvalue weighted by molar-refractivity contribution is 7.84. The van der Waals surface area contributed by atoms with E-state index in [0.717, 1.165) is 0 Å². The second-order valence-corrected chi connectivity index (χ2v) is 5.69. The Balaban J connectivity index is 2.62. The minimum absolute atomic E-state index is 0.0211. The van der Waals surface area contributed by atoms with Crippen LogP contribution in [0.3, 0.4) is 0 Å². The average molecular weight is 269 g/mol. The SMILES string of the molecule is CC(CCS(C)=O)NC(=O)c1ccccc1NN. The molecule has 0 aliphatic carbocycles. The molecule has 1 aromatic rings. The molecule has 0 aliphatic rings. The second kappa shape index (κ2) is 7.13. The molecule has 6 heteroatoms. The Kier molecular flexibility index (Phi) is 5.80. The van der Waals surface area contributed by atoms with Crippen molar-refractivity contribution in [1.82, 2.24) is 5.32 Å². The molecule has 0 heterocycles. The summed E-state index contributed by atoms with van der Waals surface area (Å²) in [4.78, 5) is 12.0. The highest BCUT2D eigenvalue weighted by Gasteiger charge is 2.13. The third kappa shape index (κ3) is 4.46. The Hall–Kier alpha value is -1.40. The van der Waals surface area contributed by atoms with Crippen LogP contribution >= 0.6 is 0 Å². The molecule has 0 radical (unpaired) electrons. The predicted octanol–water partition coefficient (Wildman–Crippen LogP) is 0.859. The number of carbonyl (C=O) groups excluding carboxylic acids is 1. The van der Waals surface area contributed by atoms with Crippen LogP contribution in [0.25, 0.3) is 0 Å². The van der Waals surface area contributed by atoms with Crippen molar-refractivity contribution in [1.29, 1.82) is 0 Å². The quantitative estimate of drug-likeness (QED) is 0.528. The molecule has 1 rings (SSSR count). The van der Waals surface area contributed by atoms with E-state index in [-0.39, 0.29) is 11.9 Å². The third-order valence-corrected chi connectivity index (χ3v) is 3.35. The summed E-state index contributed by atoms with van der Waals surface area (Å²) in [5, 5.41) is 2.86. The summed E-state index contributed by atoms with van der Waals surface area (Å²) >= 11 is 0. The normalized spacial score (nSPS) is 13.7. The zero-order valence-electron chi connectivity index (χ0n) is 10.6. The zero-order valence-corrected chi connectivity index (χ0v) is 11.4. The first-order valence-electron chi connectivity index (χ1n) is 5.71. The number of benzene rings is 1. The van der Waals surface area contributed by atoms with Gasteiger partial charge in [-0.15, -0.1) is 0 Å². The lowest BCUT2D eigenvalue weighted by Gasteiger charge is -2.14. The topological polar surface area (TPSA) is 84.2 Å². The lowest BCUT2D eigenvalue weighted by atomic mass is 10.1. The Morgan fingerprint density at radius 1 is 1.44 bits per heavy atom. The summed E-state index contributed by atoms with van der Waals surface area (Å²) < 4.78 is 11.0. The van der Waals surface area contributed by atoms with Crippen LogP contribution in [0.15, 0.2) is 24.3 Å². The molecule has 1 aromatic carbocycles. The van der Waals surface area contributed by atoms with E-state index in [4.69, 9.17) is 5.84 Å².